The summed E-state index contributed by atoms with van der Waals surface area (Å²) in [7, 11) is 0. The van der Waals surface area contributed by atoms with E-state index in [1.165, 1.54) is 50.1 Å². The van der Waals surface area contributed by atoms with Gasteiger partial charge in [-0.3, -0.25) is 0 Å². The van der Waals surface area contributed by atoms with E-state index < -0.39 is 0 Å². The lowest BCUT2D eigenvalue weighted by atomic mass is 9.84. The van der Waals surface area contributed by atoms with Gasteiger partial charge >= 0.3 is 0 Å². The van der Waals surface area contributed by atoms with Gasteiger partial charge in [0.05, 0.1) is 11.7 Å². The lowest BCUT2D eigenvalue weighted by molar-refractivity contribution is 0.299. The minimum Gasteiger partial charge on any atom is -0.309 e. The number of hydrogen-bond donors (Lipinski definition) is 1. The number of rotatable bonds is 5. The van der Waals surface area contributed by atoms with Gasteiger partial charge in [-0.2, -0.15) is 0 Å². The van der Waals surface area contributed by atoms with Crippen LogP contribution in [-0.2, 0) is 0 Å². The predicted molar refractivity (Wildman–Crippen MR) is 67.5 cm³/mol. The van der Waals surface area contributed by atoms with Crippen molar-refractivity contribution < 1.29 is 0 Å². The second-order valence-electron chi connectivity index (χ2n) is 4.68. The largest absolute Gasteiger partial charge is 0.309 e. The van der Waals surface area contributed by atoms with E-state index in [1.807, 2.05) is 0 Å². The van der Waals surface area contributed by atoms with E-state index in [2.05, 4.69) is 27.2 Å². The minimum atomic E-state index is 0.423. The molecule has 1 aromatic rings. The zero-order valence-electron chi connectivity index (χ0n) is 9.98. The summed E-state index contributed by atoms with van der Waals surface area (Å²) in [5.41, 5.74) is 1.14. The molecule has 1 saturated carbocycles. The molecule has 0 radical (unpaired) electrons. The van der Waals surface area contributed by atoms with Crippen LogP contribution in [0.5, 0.6) is 0 Å². The Bertz CT molecular complexity index is 280. The molecule has 1 N–H and O–H groups in total. The third-order valence-electron chi connectivity index (χ3n) is 3.48. The fourth-order valence-corrected chi connectivity index (χ4v) is 3.14. The van der Waals surface area contributed by atoms with Gasteiger partial charge in [0.25, 0.3) is 0 Å². The molecule has 2 rings (SSSR count). The lowest BCUT2D eigenvalue weighted by Crippen LogP contribution is -2.24. The molecule has 0 aromatic carbocycles. The highest BCUT2D eigenvalue weighted by Crippen LogP contribution is 2.31. The first kappa shape index (κ1) is 12.0. The third-order valence-corrected chi connectivity index (χ3v) is 4.00. The second kappa shape index (κ2) is 6.30. The van der Waals surface area contributed by atoms with Gasteiger partial charge in [-0.25, -0.2) is 0 Å². The SMILES string of the molecule is CCNC(CC1CCCCC1)c1csnn1. The molecule has 1 heterocycles. The molecule has 0 spiro atoms. The molecular weight excluding hydrogens is 218 g/mol. The van der Waals surface area contributed by atoms with Gasteiger partial charge in [0.1, 0.15) is 0 Å². The monoisotopic (exact) mass is 239 g/mol. The molecule has 1 unspecified atom stereocenters. The number of aromatic nitrogens is 2. The maximum absolute atomic E-state index is 4.21. The Kier molecular flexibility index (Phi) is 4.72. The van der Waals surface area contributed by atoms with Crippen molar-refractivity contribution in [1.82, 2.24) is 14.9 Å². The van der Waals surface area contributed by atoms with Crippen LogP contribution >= 0.6 is 11.5 Å². The molecule has 0 amide bonds. The van der Waals surface area contributed by atoms with Gasteiger partial charge in [0.2, 0.25) is 0 Å². The molecule has 0 aliphatic heterocycles. The van der Waals surface area contributed by atoms with Gasteiger partial charge < -0.3 is 5.32 Å². The van der Waals surface area contributed by atoms with Crippen molar-refractivity contribution in [2.24, 2.45) is 5.92 Å². The highest BCUT2D eigenvalue weighted by Gasteiger charge is 2.20. The zero-order valence-corrected chi connectivity index (χ0v) is 10.8. The van der Waals surface area contributed by atoms with Crippen LogP contribution in [0.25, 0.3) is 0 Å². The first-order valence-corrected chi connectivity index (χ1v) is 7.24. The summed E-state index contributed by atoms with van der Waals surface area (Å²) in [5.74, 6) is 0.888. The van der Waals surface area contributed by atoms with Gasteiger partial charge in [-0.15, -0.1) is 5.10 Å². The van der Waals surface area contributed by atoms with Crippen molar-refractivity contribution in [3.05, 3.63) is 11.1 Å². The quantitative estimate of drug-likeness (QED) is 0.857. The highest BCUT2D eigenvalue weighted by molar-refractivity contribution is 7.03. The molecule has 1 atom stereocenters. The fourth-order valence-electron chi connectivity index (χ4n) is 2.63. The van der Waals surface area contributed by atoms with Crippen molar-refractivity contribution in [2.75, 3.05) is 6.54 Å². The zero-order chi connectivity index (χ0) is 11.2. The van der Waals surface area contributed by atoms with E-state index in [0.717, 1.165) is 18.2 Å². The smallest absolute Gasteiger partial charge is 0.0924 e. The lowest BCUT2D eigenvalue weighted by Gasteiger charge is -2.25. The summed E-state index contributed by atoms with van der Waals surface area (Å²) in [6, 6.07) is 0.423. The molecule has 1 fully saturated rings. The Balaban J connectivity index is 1.91. The maximum Gasteiger partial charge on any atom is 0.0924 e. The van der Waals surface area contributed by atoms with Gasteiger partial charge in [0.15, 0.2) is 0 Å². The highest BCUT2D eigenvalue weighted by atomic mass is 32.1. The molecule has 0 saturated heterocycles. The van der Waals surface area contributed by atoms with Gasteiger partial charge in [-0.1, -0.05) is 43.5 Å². The molecular formula is C12H21N3S. The van der Waals surface area contributed by atoms with E-state index in [9.17, 15) is 0 Å². The molecule has 0 bridgehead atoms. The summed E-state index contributed by atoms with van der Waals surface area (Å²) < 4.78 is 3.97. The van der Waals surface area contributed by atoms with Crippen LogP contribution in [0.4, 0.5) is 0 Å². The van der Waals surface area contributed by atoms with Crippen molar-refractivity contribution >= 4 is 11.5 Å². The van der Waals surface area contributed by atoms with Crippen LogP contribution < -0.4 is 5.32 Å². The van der Waals surface area contributed by atoms with E-state index in [0.29, 0.717) is 6.04 Å². The third kappa shape index (κ3) is 3.25. The average Bonchev–Trinajstić information content (AvgIpc) is 2.83. The normalized spacial score (nSPS) is 19.8. The molecule has 4 heteroatoms. The summed E-state index contributed by atoms with van der Waals surface area (Å²) >= 11 is 1.45. The summed E-state index contributed by atoms with van der Waals surface area (Å²) in [6.07, 6.45) is 8.30. The van der Waals surface area contributed by atoms with Crippen LogP contribution in [0.1, 0.15) is 57.2 Å². The van der Waals surface area contributed by atoms with Crippen molar-refractivity contribution in [3.63, 3.8) is 0 Å². The number of nitrogens with zero attached hydrogens (tertiary/aromatic N) is 2. The van der Waals surface area contributed by atoms with Crippen LogP contribution in [0.2, 0.25) is 0 Å². The maximum atomic E-state index is 4.21. The van der Waals surface area contributed by atoms with Crippen LogP contribution in [0.15, 0.2) is 5.38 Å². The summed E-state index contributed by atoms with van der Waals surface area (Å²) in [4.78, 5) is 0. The van der Waals surface area contributed by atoms with E-state index in [-0.39, 0.29) is 0 Å². The molecule has 16 heavy (non-hydrogen) atoms. The van der Waals surface area contributed by atoms with Gasteiger partial charge in [0, 0.05) is 5.38 Å². The Morgan fingerprint density at radius 2 is 2.25 bits per heavy atom. The second-order valence-corrected chi connectivity index (χ2v) is 5.29. The standard InChI is InChI=1S/C12H21N3S/c1-2-13-11(12-9-16-15-14-12)8-10-6-4-3-5-7-10/h9-11,13H,2-8H2,1H3. The first-order valence-electron chi connectivity index (χ1n) is 6.40. The molecule has 1 aromatic heterocycles. The van der Waals surface area contributed by atoms with Gasteiger partial charge in [-0.05, 0) is 30.4 Å². The topological polar surface area (TPSA) is 37.8 Å². The summed E-state index contributed by atoms with van der Waals surface area (Å²) in [6.45, 7) is 3.17. The molecule has 90 valence electrons. The average molecular weight is 239 g/mol. The van der Waals surface area contributed by atoms with Crippen LogP contribution in [-0.4, -0.2) is 16.1 Å². The van der Waals surface area contributed by atoms with E-state index >= 15 is 0 Å². The van der Waals surface area contributed by atoms with Crippen molar-refractivity contribution in [1.29, 1.82) is 0 Å². The van der Waals surface area contributed by atoms with Crippen LogP contribution in [0, 0.1) is 5.92 Å². The number of nitrogens with one attached hydrogen (secondary N) is 1. The molecule has 1 aliphatic rings. The Hall–Kier alpha value is -0.480. The Morgan fingerprint density at radius 1 is 1.44 bits per heavy atom. The summed E-state index contributed by atoms with van der Waals surface area (Å²) in [5, 5.41) is 9.82. The Labute approximate surface area is 102 Å². The van der Waals surface area contributed by atoms with Crippen molar-refractivity contribution in [2.45, 2.75) is 51.5 Å². The Morgan fingerprint density at radius 3 is 2.88 bits per heavy atom. The predicted octanol–water partition coefficient (Wildman–Crippen LogP) is 3.16. The molecule has 1 aliphatic carbocycles. The van der Waals surface area contributed by atoms with E-state index in [1.54, 1.807) is 0 Å². The number of hydrogen-bond acceptors (Lipinski definition) is 4. The van der Waals surface area contributed by atoms with Crippen molar-refractivity contribution in [3.8, 4) is 0 Å². The minimum absolute atomic E-state index is 0.423. The fraction of sp³-hybridized carbons (Fsp3) is 0.833. The molecule has 3 nitrogen and oxygen atoms in total. The first-order chi connectivity index (χ1) is 7.90. The van der Waals surface area contributed by atoms with E-state index in [4.69, 9.17) is 0 Å². The van der Waals surface area contributed by atoms with Crippen LogP contribution in [0.3, 0.4) is 0 Å².